The molecule has 0 atom stereocenters. The third kappa shape index (κ3) is 3.93. The van der Waals surface area contributed by atoms with E-state index in [1.54, 1.807) is 24.3 Å². The normalized spacial score (nSPS) is 10.3. The summed E-state index contributed by atoms with van der Waals surface area (Å²) in [6, 6.07) is 6.84. The molecule has 3 N–H and O–H groups in total. The standard InChI is InChI=1S/C10H12F2N2O/c11-9(12)6-14-10(15)5-7-3-1-2-4-8(7)13/h1-4,9H,5-6,13H2,(H,14,15). The molecule has 0 radical (unpaired) electrons. The van der Waals surface area contributed by atoms with Crippen molar-refractivity contribution in [3.8, 4) is 0 Å². The molecule has 5 heteroatoms. The highest BCUT2D eigenvalue weighted by Gasteiger charge is 2.08. The number of alkyl halides is 2. The fourth-order valence-corrected chi connectivity index (χ4v) is 1.12. The van der Waals surface area contributed by atoms with Gasteiger partial charge in [-0.2, -0.15) is 0 Å². The van der Waals surface area contributed by atoms with E-state index >= 15 is 0 Å². The molecule has 0 aliphatic rings. The molecule has 3 nitrogen and oxygen atoms in total. The lowest BCUT2D eigenvalue weighted by Crippen LogP contribution is -2.29. The smallest absolute Gasteiger partial charge is 0.255 e. The fraction of sp³-hybridized carbons (Fsp3) is 0.300. The number of anilines is 1. The summed E-state index contributed by atoms with van der Waals surface area (Å²) < 4.78 is 23.5. The van der Waals surface area contributed by atoms with E-state index in [2.05, 4.69) is 5.32 Å². The zero-order valence-corrected chi connectivity index (χ0v) is 8.04. The van der Waals surface area contributed by atoms with Crippen LogP contribution in [0.2, 0.25) is 0 Å². The molecule has 0 aliphatic carbocycles. The summed E-state index contributed by atoms with van der Waals surface area (Å²) in [5, 5.41) is 2.11. The molecule has 15 heavy (non-hydrogen) atoms. The first-order chi connectivity index (χ1) is 7.09. The number of carbonyl (C=O) groups is 1. The molecule has 0 unspecified atom stereocenters. The Bertz CT molecular complexity index is 342. The van der Waals surface area contributed by atoms with Gasteiger partial charge in [0, 0.05) is 5.69 Å². The molecule has 1 aromatic carbocycles. The molecule has 0 bridgehead atoms. The monoisotopic (exact) mass is 214 g/mol. The van der Waals surface area contributed by atoms with Gasteiger partial charge in [-0.3, -0.25) is 4.79 Å². The molecule has 0 aliphatic heterocycles. The summed E-state index contributed by atoms with van der Waals surface area (Å²) in [4.78, 5) is 11.2. The number of para-hydroxylation sites is 1. The van der Waals surface area contributed by atoms with Crippen molar-refractivity contribution in [2.75, 3.05) is 12.3 Å². The molecule has 0 saturated carbocycles. The number of nitrogens with two attached hydrogens (primary N) is 1. The van der Waals surface area contributed by atoms with Crippen LogP contribution in [0.4, 0.5) is 14.5 Å². The van der Waals surface area contributed by atoms with Crippen LogP contribution < -0.4 is 11.1 Å². The second kappa shape index (κ2) is 5.29. The predicted octanol–water partition coefficient (Wildman–Crippen LogP) is 1.19. The van der Waals surface area contributed by atoms with Crippen molar-refractivity contribution >= 4 is 11.6 Å². The van der Waals surface area contributed by atoms with Crippen molar-refractivity contribution in [3.63, 3.8) is 0 Å². The quantitative estimate of drug-likeness (QED) is 0.740. The minimum Gasteiger partial charge on any atom is -0.398 e. The fourth-order valence-electron chi connectivity index (χ4n) is 1.12. The van der Waals surface area contributed by atoms with Gasteiger partial charge < -0.3 is 11.1 Å². The Balaban J connectivity index is 2.48. The zero-order valence-electron chi connectivity index (χ0n) is 8.04. The van der Waals surface area contributed by atoms with E-state index in [4.69, 9.17) is 5.73 Å². The van der Waals surface area contributed by atoms with Crippen LogP contribution in [-0.4, -0.2) is 18.9 Å². The Morgan fingerprint density at radius 1 is 1.40 bits per heavy atom. The Morgan fingerprint density at radius 2 is 2.07 bits per heavy atom. The third-order valence-electron chi connectivity index (χ3n) is 1.86. The summed E-state index contributed by atoms with van der Waals surface area (Å²) in [5.41, 5.74) is 6.73. The Kier molecular flexibility index (Phi) is 4.03. The molecule has 1 aromatic rings. The maximum atomic E-state index is 11.8. The summed E-state index contributed by atoms with van der Waals surface area (Å²) in [5.74, 6) is -0.451. The van der Waals surface area contributed by atoms with Gasteiger partial charge in [-0.15, -0.1) is 0 Å². The highest BCUT2D eigenvalue weighted by atomic mass is 19.3. The van der Waals surface area contributed by atoms with Crippen molar-refractivity contribution in [2.24, 2.45) is 0 Å². The maximum absolute atomic E-state index is 11.8. The van der Waals surface area contributed by atoms with Crippen LogP contribution in [0.3, 0.4) is 0 Å². The number of hydrogen-bond donors (Lipinski definition) is 2. The van der Waals surface area contributed by atoms with Gasteiger partial charge in [0.2, 0.25) is 5.91 Å². The van der Waals surface area contributed by atoms with Crippen molar-refractivity contribution in [2.45, 2.75) is 12.8 Å². The van der Waals surface area contributed by atoms with Crippen LogP contribution in [0.1, 0.15) is 5.56 Å². The van der Waals surface area contributed by atoms with Crippen LogP contribution >= 0.6 is 0 Å². The number of amides is 1. The largest absolute Gasteiger partial charge is 0.398 e. The molecule has 0 heterocycles. The summed E-state index contributed by atoms with van der Waals surface area (Å²) >= 11 is 0. The van der Waals surface area contributed by atoms with Gasteiger partial charge in [0.1, 0.15) is 0 Å². The average molecular weight is 214 g/mol. The zero-order chi connectivity index (χ0) is 11.3. The number of rotatable bonds is 4. The van der Waals surface area contributed by atoms with Gasteiger partial charge in [0.25, 0.3) is 6.43 Å². The van der Waals surface area contributed by atoms with Crippen molar-refractivity contribution in [3.05, 3.63) is 29.8 Å². The lowest BCUT2D eigenvalue weighted by atomic mass is 10.1. The van der Waals surface area contributed by atoms with E-state index in [1.807, 2.05) is 0 Å². The summed E-state index contributed by atoms with van der Waals surface area (Å²) in [7, 11) is 0. The van der Waals surface area contributed by atoms with Crippen LogP contribution in [0.15, 0.2) is 24.3 Å². The molecule has 0 spiro atoms. The number of halogens is 2. The summed E-state index contributed by atoms with van der Waals surface area (Å²) in [6.07, 6.45) is -2.50. The van der Waals surface area contributed by atoms with Crippen LogP contribution in [0.25, 0.3) is 0 Å². The van der Waals surface area contributed by atoms with E-state index in [0.717, 1.165) is 0 Å². The molecule has 1 rings (SSSR count). The summed E-state index contributed by atoms with van der Waals surface area (Å²) in [6.45, 7) is -0.619. The Labute approximate surface area is 86.3 Å². The van der Waals surface area contributed by atoms with Crippen LogP contribution in [0, 0.1) is 0 Å². The first kappa shape index (κ1) is 11.4. The first-order valence-electron chi connectivity index (χ1n) is 4.48. The minimum atomic E-state index is -2.53. The van der Waals surface area contributed by atoms with Gasteiger partial charge in [0.15, 0.2) is 0 Å². The number of carbonyl (C=O) groups excluding carboxylic acids is 1. The average Bonchev–Trinajstić information content (AvgIpc) is 2.18. The highest BCUT2D eigenvalue weighted by molar-refractivity contribution is 5.80. The molecule has 0 fully saturated rings. The lowest BCUT2D eigenvalue weighted by molar-refractivity contribution is -0.121. The first-order valence-corrected chi connectivity index (χ1v) is 4.48. The minimum absolute atomic E-state index is 0.0272. The number of hydrogen-bond acceptors (Lipinski definition) is 2. The van der Waals surface area contributed by atoms with Crippen molar-refractivity contribution in [1.29, 1.82) is 0 Å². The topological polar surface area (TPSA) is 55.1 Å². The Morgan fingerprint density at radius 3 is 2.67 bits per heavy atom. The molecule has 1 amide bonds. The number of benzene rings is 1. The van der Waals surface area contributed by atoms with E-state index < -0.39 is 18.9 Å². The van der Waals surface area contributed by atoms with Crippen LogP contribution in [-0.2, 0) is 11.2 Å². The molecule has 0 saturated heterocycles. The highest BCUT2D eigenvalue weighted by Crippen LogP contribution is 2.10. The van der Waals surface area contributed by atoms with Gasteiger partial charge in [0.05, 0.1) is 13.0 Å². The molecule has 82 valence electrons. The third-order valence-corrected chi connectivity index (χ3v) is 1.86. The number of nitrogens with one attached hydrogen (secondary N) is 1. The van der Waals surface area contributed by atoms with E-state index in [9.17, 15) is 13.6 Å². The van der Waals surface area contributed by atoms with Gasteiger partial charge >= 0.3 is 0 Å². The lowest BCUT2D eigenvalue weighted by Gasteiger charge is -2.06. The second-order valence-corrected chi connectivity index (χ2v) is 3.07. The maximum Gasteiger partial charge on any atom is 0.255 e. The SMILES string of the molecule is Nc1ccccc1CC(=O)NCC(F)F. The second-order valence-electron chi connectivity index (χ2n) is 3.07. The van der Waals surface area contributed by atoms with Crippen molar-refractivity contribution in [1.82, 2.24) is 5.32 Å². The van der Waals surface area contributed by atoms with E-state index in [1.165, 1.54) is 0 Å². The molecule has 0 aromatic heterocycles. The van der Waals surface area contributed by atoms with Gasteiger partial charge in [-0.25, -0.2) is 8.78 Å². The van der Waals surface area contributed by atoms with Crippen LogP contribution in [0.5, 0.6) is 0 Å². The van der Waals surface area contributed by atoms with E-state index in [-0.39, 0.29) is 6.42 Å². The van der Waals surface area contributed by atoms with Crippen molar-refractivity contribution < 1.29 is 13.6 Å². The Hall–Kier alpha value is -1.65. The van der Waals surface area contributed by atoms with E-state index in [0.29, 0.717) is 11.3 Å². The number of nitrogen functional groups attached to an aromatic ring is 1. The molecular weight excluding hydrogens is 202 g/mol. The predicted molar refractivity (Wildman–Crippen MR) is 53.6 cm³/mol. The van der Waals surface area contributed by atoms with Gasteiger partial charge in [-0.05, 0) is 11.6 Å². The van der Waals surface area contributed by atoms with Gasteiger partial charge in [-0.1, -0.05) is 18.2 Å². The molecular formula is C10H12F2N2O.